The Hall–Kier alpha value is -1.95. The number of hydrogen-bond acceptors (Lipinski definition) is 3. The van der Waals surface area contributed by atoms with Gasteiger partial charge in [-0.15, -0.1) is 0 Å². The van der Waals surface area contributed by atoms with Gasteiger partial charge in [-0.25, -0.2) is 0 Å². The fourth-order valence-corrected chi connectivity index (χ4v) is 1.90. The number of aryl methyl sites for hydroxylation is 1. The number of aliphatic carboxylic acids is 1. The molecule has 94 valence electrons. The van der Waals surface area contributed by atoms with Crippen molar-refractivity contribution in [3.05, 3.63) is 46.5 Å². The Labute approximate surface area is 109 Å². The molecule has 0 radical (unpaired) electrons. The van der Waals surface area contributed by atoms with E-state index in [-0.39, 0.29) is 6.42 Å². The number of nitrogens with one attached hydrogen (secondary N) is 1. The molecule has 0 atom stereocenters. The second-order valence-electron chi connectivity index (χ2n) is 3.91. The van der Waals surface area contributed by atoms with Gasteiger partial charge in [0, 0.05) is 6.42 Å². The maximum Gasteiger partial charge on any atom is 0.303 e. The summed E-state index contributed by atoms with van der Waals surface area (Å²) in [6.07, 6.45) is 0.420. The lowest BCUT2D eigenvalue weighted by Gasteiger charge is -2.05. The molecule has 1 aromatic heterocycles. The first kappa shape index (κ1) is 12.5. The van der Waals surface area contributed by atoms with Crippen LogP contribution in [0.1, 0.15) is 17.8 Å². The fraction of sp³-hybridized carbons (Fsp3) is 0.250. The van der Waals surface area contributed by atoms with Gasteiger partial charge in [-0.3, -0.25) is 14.5 Å². The summed E-state index contributed by atoms with van der Waals surface area (Å²) in [7, 11) is 0. The van der Waals surface area contributed by atoms with E-state index in [4.69, 9.17) is 17.3 Å². The van der Waals surface area contributed by atoms with Gasteiger partial charge in [-0.1, -0.05) is 30.3 Å². The maximum atomic E-state index is 10.6. The second kappa shape index (κ2) is 5.59. The Morgan fingerprint density at radius 3 is 2.78 bits per heavy atom. The van der Waals surface area contributed by atoms with Crippen LogP contribution in [0.3, 0.4) is 0 Å². The third kappa shape index (κ3) is 3.04. The molecule has 2 rings (SSSR count). The number of carboxylic acids is 1. The van der Waals surface area contributed by atoms with Gasteiger partial charge in [0.25, 0.3) is 0 Å². The Kier molecular flexibility index (Phi) is 3.88. The van der Waals surface area contributed by atoms with Crippen molar-refractivity contribution in [2.45, 2.75) is 19.4 Å². The highest BCUT2D eigenvalue weighted by atomic mass is 32.1. The summed E-state index contributed by atoms with van der Waals surface area (Å²) in [6, 6.07) is 9.85. The number of carbonyl (C=O) groups is 1. The highest BCUT2D eigenvalue weighted by molar-refractivity contribution is 7.71. The molecule has 18 heavy (non-hydrogen) atoms. The van der Waals surface area contributed by atoms with Crippen LogP contribution in [-0.4, -0.2) is 25.8 Å². The summed E-state index contributed by atoms with van der Waals surface area (Å²) in [5.41, 5.74) is 1.10. The zero-order chi connectivity index (χ0) is 13.0. The largest absolute Gasteiger partial charge is 0.481 e. The van der Waals surface area contributed by atoms with Crippen LogP contribution < -0.4 is 0 Å². The van der Waals surface area contributed by atoms with E-state index in [1.165, 1.54) is 0 Å². The van der Waals surface area contributed by atoms with Crippen LogP contribution in [0.15, 0.2) is 30.3 Å². The minimum absolute atomic E-state index is 0.0500. The van der Waals surface area contributed by atoms with Crippen LogP contribution in [-0.2, 0) is 17.8 Å². The van der Waals surface area contributed by atoms with E-state index in [2.05, 4.69) is 10.2 Å². The van der Waals surface area contributed by atoms with Gasteiger partial charge < -0.3 is 5.11 Å². The van der Waals surface area contributed by atoms with Crippen molar-refractivity contribution in [3.8, 4) is 0 Å². The summed E-state index contributed by atoms with van der Waals surface area (Å²) in [5, 5.41) is 15.5. The quantitative estimate of drug-likeness (QED) is 0.809. The molecule has 0 amide bonds. The van der Waals surface area contributed by atoms with Crippen molar-refractivity contribution in [1.29, 1.82) is 0 Å². The number of carboxylic acid groups (broad SMARTS) is 1. The highest BCUT2D eigenvalue weighted by Crippen LogP contribution is 2.07. The Balaban J connectivity index is 2.19. The van der Waals surface area contributed by atoms with Gasteiger partial charge in [0.1, 0.15) is 5.82 Å². The van der Waals surface area contributed by atoms with Gasteiger partial charge in [0.2, 0.25) is 0 Å². The molecule has 0 aliphatic heterocycles. The van der Waals surface area contributed by atoms with E-state index in [0.29, 0.717) is 23.6 Å². The van der Waals surface area contributed by atoms with E-state index < -0.39 is 5.97 Å². The van der Waals surface area contributed by atoms with Crippen molar-refractivity contribution >= 4 is 18.2 Å². The number of nitrogens with zero attached hydrogens (tertiary/aromatic N) is 2. The van der Waals surface area contributed by atoms with Crippen LogP contribution in [0.2, 0.25) is 0 Å². The van der Waals surface area contributed by atoms with E-state index in [1.54, 1.807) is 0 Å². The Morgan fingerprint density at radius 2 is 2.11 bits per heavy atom. The number of rotatable bonds is 5. The molecule has 2 N–H and O–H groups in total. The topological polar surface area (TPSA) is 70.9 Å². The first-order valence-corrected chi connectivity index (χ1v) is 5.97. The predicted molar refractivity (Wildman–Crippen MR) is 68.9 cm³/mol. The van der Waals surface area contributed by atoms with Crippen molar-refractivity contribution in [2.24, 2.45) is 0 Å². The molecule has 0 saturated heterocycles. The van der Waals surface area contributed by atoms with Crippen molar-refractivity contribution in [3.63, 3.8) is 0 Å². The Bertz CT molecular complexity index is 589. The monoisotopic (exact) mass is 263 g/mol. The van der Waals surface area contributed by atoms with Crippen molar-refractivity contribution in [2.75, 3.05) is 0 Å². The van der Waals surface area contributed by atoms with Crippen molar-refractivity contribution in [1.82, 2.24) is 14.8 Å². The van der Waals surface area contributed by atoms with Gasteiger partial charge >= 0.3 is 5.97 Å². The van der Waals surface area contributed by atoms with E-state index in [0.717, 1.165) is 5.56 Å². The summed E-state index contributed by atoms with van der Waals surface area (Å²) in [4.78, 5) is 10.6. The third-order valence-electron chi connectivity index (χ3n) is 2.58. The predicted octanol–water partition coefficient (Wildman–Crippen LogP) is 2.01. The second-order valence-corrected chi connectivity index (χ2v) is 4.30. The Morgan fingerprint density at radius 1 is 1.39 bits per heavy atom. The molecule has 0 fully saturated rings. The zero-order valence-electron chi connectivity index (χ0n) is 9.67. The lowest BCUT2D eigenvalue weighted by molar-refractivity contribution is -0.137. The molecule has 1 heterocycles. The zero-order valence-corrected chi connectivity index (χ0v) is 10.5. The molecule has 0 spiro atoms. The number of benzene rings is 1. The minimum atomic E-state index is -0.838. The van der Waals surface area contributed by atoms with Gasteiger partial charge in [-0.2, -0.15) is 5.10 Å². The molecular weight excluding hydrogens is 250 g/mol. The number of H-pyrrole nitrogens is 1. The molecule has 6 heteroatoms. The van der Waals surface area contributed by atoms with Crippen LogP contribution in [0.4, 0.5) is 0 Å². The molecule has 5 nitrogen and oxygen atoms in total. The minimum Gasteiger partial charge on any atom is -0.481 e. The first-order valence-electron chi connectivity index (χ1n) is 5.56. The van der Waals surface area contributed by atoms with Gasteiger partial charge in [0.05, 0.1) is 13.0 Å². The highest BCUT2D eigenvalue weighted by Gasteiger charge is 2.08. The summed E-state index contributed by atoms with van der Waals surface area (Å²) in [5.74, 6) is -0.165. The molecule has 0 aliphatic rings. The maximum absolute atomic E-state index is 10.6. The standard InChI is InChI=1S/C12H13N3O2S/c16-11(17)7-6-10-13-14-12(18)15(10)8-9-4-2-1-3-5-9/h1-5H,6-8H2,(H,14,18)(H,16,17). The number of hydrogen-bond donors (Lipinski definition) is 2. The lowest BCUT2D eigenvalue weighted by atomic mass is 10.2. The SMILES string of the molecule is O=C(O)CCc1n[nH]c(=S)n1Cc1ccccc1. The van der Waals surface area contributed by atoms with Crippen molar-refractivity contribution < 1.29 is 9.90 Å². The summed E-state index contributed by atoms with van der Waals surface area (Å²) >= 11 is 5.15. The van der Waals surface area contributed by atoms with Crippen LogP contribution in [0.25, 0.3) is 0 Å². The van der Waals surface area contributed by atoms with Gasteiger partial charge in [-0.05, 0) is 17.8 Å². The van der Waals surface area contributed by atoms with E-state index >= 15 is 0 Å². The van der Waals surface area contributed by atoms with Crippen LogP contribution >= 0.6 is 12.2 Å². The number of aromatic amines is 1. The molecule has 2 aromatic rings. The molecule has 0 aliphatic carbocycles. The number of aromatic nitrogens is 3. The smallest absolute Gasteiger partial charge is 0.303 e. The average Bonchev–Trinajstić information content (AvgIpc) is 2.70. The van der Waals surface area contributed by atoms with E-state index in [9.17, 15) is 4.79 Å². The lowest BCUT2D eigenvalue weighted by Crippen LogP contribution is -2.07. The van der Waals surface area contributed by atoms with E-state index in [1.807, 2.05) is 34.9 Å². The molecule has 0 bridgehead atoms. The summed E-state index contributed by atoms with van der Waals surface area (Å²) in [6.45, 7) is 0.602. The van der Waals surface area contributed by atoms with Crippen LogP contribution in [0.5, 0.6) is 0 Å². The molecule has 0 unspecified atom stereocenters. The third-order valence-corrected chi connectivity index (χ3v) is 2.89. The molecule has 1 aromatic carbocycles. The van der Waals surface area contributed by atoms with Crippen LogP contribution in [0, 0.1) is 4.77 Å². The average molecular weight is 263 g/mol. The summed E-state index contributed by atoms with van der Waals surface area (Å²) < 4.78 is 2.34. The van der Waals surface area contributed by atoms with Gasteiger partial charge in [0.15, 0.2) is 4.77 Å². The normalized spacial score (nSPS) is 10.4. The molecular formula is C12H13N3O2S. The molecule has 0 saturated carbocycles. The first-order chi connectivity index (χ1) is 8.66. The fourth-order valence-electron chi connectivity index (χ4n) is 1.69.